The fourth-order valence-electron chi connectivity index (χ4n) is 6.10. The van der Waals surface area contributed by atoms with E-state index in [1.165, 1.54) is 25.0 Å². The van der Waals surface area contributed by atoms with Gasteiger partial charge in [-0.05, 0) is 49.4 Å². The predicted octanol–water partition coefficient (Wildman–Crippen LogP) is 4.45. The fourth-order valence-corrected chi connectivity index (χ4v) is 6.10. The number of carbonyl (C=O) groups excluding carboxylic acids is 1. The first-order valence-electron chi connectivity index (χ1n) is 12.5. The number of ether oxygens (including phenoxy) is 1. The molecule has 3 fully saturated rings. The summed E-state index contributed by atoms with van der Waals surface area (Å²) in [6, 6.07) is 15.8. The van der Waals surface area contributed by atoms with Gasteiger partial charge in [0.2, 0.25) is 0 Å². The van der Waals surface area contributed by atoms with E-state index in [4.69, 9.17) is 9.84 Å². The summed E-state index contributed by atoms with van der Waals surface area (Å²) in [5.41, 5.74) is 2.70. The second kappa shape index (κ2) is 9.12. The van der Waals surface area contributed by atoms with E-state index in [-0.39, 0.29) is 29.8 Å². The van der Waals surface area contributed by atoms with Crippen LogP contribution in [0.4, 0.5) is 4.39 Å². The molecular weight excluding hydrogens is 431 g/mol. The lowest BCUT2D eigenvalue weighted by molar-refractivity contribution is -0.0843. The van der Waals surface area contributed by atoms with Crippen molar-refractivity contribution in [2.45, 2.75) is 69.2 Å². The van der Waals surface area contributed by atoms with Crippen molar-refractivity contribution < 1.29 is 13.9 Å². The molecule has 1 aliphatic carbocycles. The maximum absolute atomic E-state index is 13.4. The van der Waals surface area contributed by atoms with Gasteiger partial charge in [-0.25, -0.2) is 4.39 Å². The van der Waals surface area contributed by atoms with Crippen LogP contribution in [0.2, 0.25) is 0 Å². The molecule has 2 bridgehead atoms. The van der Waals surface area contributed by atoms with Gasteiger partial charge in [0.1, 0.15) is 5.82 Å². The average Bonchev–Trinajstić information content (AvgIpc) is 3.49. The molecule has 7 heteroatoms. The van der Waals surface area contributed by atoms with Crippen molar-refractivity contribution in [1.29, 1.82) is 0 Å². The Kier molecular flexibility index (Phi) is 5.83. The van der Waals surface area contributed by atoms with E-state index in [0.29, 0.717) is 24.9 Å². The van der Waals surface area contributed by atoms with Crippen molar-refractivity contribution in [3.8, 4) is 0 Å². The molecule has 1 N–H and O–H groups in total. The van der Waals surface area contributed by atoms with E-state index < -0.39 is 0 Å². The third-order valence-corrected chi connectivity index (χ3v) is 7.78. The monoisotopic (exact) mass is 462 g/mol. The van der Waals surface area contributed by atoms with Crippen LogP contribution < -0.4 is 5.32 Å². The molecule has 2 aliphatic heterocycles. The highest BCUT2D eigenvalue weighted by Gasteiger charge is 2.39. The number of benzene rings is 2. The lowest BCUT2D eigenvalue weighted by atomic mass is 9.89. The van der Waals surface area contributed by atoms with Crippen LogP contribution in [0.1, 0.15) is 60.6 Å². The molecular formula is C27H31FN4O2. The first-order valence-corrected chi connectivity index (χ1v) is 12.5. The van der Waals surface area contributed by atoms with E-state index in [0.717, 1.165) is 48.7 Å². The van der Waals surface area contributed by atoms with Crippen LogP contribution in [0.15, 0.2) is 48.5 Å². The van der Waals surface area contributed by atoms with Gasteiger partial charge in [0.25, 0.3) is 5.91 Å². The summed E-state index contributed by atoms with van der Waals surface area (Å²) in [4.78, 5) is 15.9. The molecule has 1 saturated carbocycles. The minimum absolute atomic E-state index is 0.0797. The molecule has 1 amide bonds. The summed E-state index contributed by atoms with van der Waals surface area (Å²) in [5, 5.41) is 9.07. The minimum atomic E-state index is -0.211. The summed E-state index contributed by atoms with van der Waals surface area (Å²) in [6.07, 6.45) is 6.38. The van der Waals surface area contributed by atoms with Crippen LogP contribution in [-0.2, 0) is 11.3 Å². The van der Waals surface area contributed by atoms with E-state index in [1.807, 2.05) is 30.3 Å². The number of aromatic nitrogens is 2. The fraction of sp³-hybridized carbons (Fsp3) is 0.481. The number of nitrogens with one attached hydrogen (secondary N) is 1. The van der Waals surface area contributed by atoms with Crippen LogP contribution in [0.5, 0.6) is 0 Å². The molecule has 2 aromatic carbocycles. The molecule has 1 unspecified atom stereocenters. The third-order valence-electron chi connectivity index (χ3n) is 7.78. The molecule has 3 atom stereocenters. The molecule has 0 radical (unpaired) electrons. The predicted molar refractivity (Wildman–Crippen MR) is 128 cm³/mol. The Balaban J connectivity index is 1.18. The summed E-state index contributed by atoms with van der Waals surface area (Å²) in [7, 11) is 0. The second-order valence-corrected chi connectivity index (χ2v) is 10.0. The van der Waals surface area contributed by atoms with E-state index >= 15 is 0 Å². The van der Waals surface area contributed by atoms with Crippen molar-refractivity contribution in [2.24, 2.45) is 0 Å². The molecule has 178 valence electrons. The van der Waals surface area contributed by atoms with Crippen molar-refractivity contribution in [3.63, 3.8) is 0 Å². The number of hydrogen-bond donors (Lipinski definition) is 1. The van der Waals surface area contributed by atoms with Gasteiger partial charge >= 0.3 is 0 Å². The molecule has 3 heterocycles. The van der Waals surface area contributed by atoms with Crippen LogP contribution >= 0.6 is 0 Å². The number of fused-ring (bicyclic) bond motifs is 3. The van der Waals surface area contributed by atoms with Gasteiger partial charge in [-0.1, -0.05) is 43.2 Å². The summed E-state index contributed by atoms with van der Waals surface area (Å²) in [5.74, 6) is -0.291. The number of para-hydroxylation sites is 1. The van der Waals surface area contributed by atoms with E-state index in [2.05, 4.69) is 21.0 Å². The number of amides is 1. The van der Waals surface area contributed by atoms with E-state index in [9.17, 15) is 9.18 Å². The smallest absolute Gasteiger partial charge is 0.272 e. The Bertz CT molecular complexity index is 1160. The normalized spacial score (nSPS) is 25.6. The third kappa shape index (κ3) is 4.12. The van der Waals surface area contributed by atoms with Gasteiger partial charge in [-0.15, -0.1) is 0 Å². The topological polar surface area (TPSA) is 59.4 Å². The largest absolute Gasteiger partial charge is 0.378 e. The SMILES string of the molecule is O=C(NC1C[C@H]2COC[C@@H](C1)N2Cc1ccc(F)cc1)c1nn(C2CCCC2)c2ccccc12. The van der Waals surface area contributed by atoms with Crippen molar-refractivity contribution in [3.05, 3.63) is 65.6 Å². The Morgan fingerprint density at radius 3 is 2.44 bits per heavy atom. The van der Waals surface area contributed by atoms with Gasteiger partial charge < -0.3 is 10.1 Å². The molecule has 3 aliphatic rings. The number of rotatable bonds is 5. The van der Waals surface area contributed by atoms with Gasteiger partial charge in [-0.3, -0.25) is 14.4 Å². The number of hydrogen-bond acceptors (Lipinski definition) is 4. The highest BCUT2D eigenvalue weighted by atomic mass is 19.1. The van der Waals surface area contributed by atoms with E-state index in [1.54, 1.807) is 0 Å². The van der Waals surface area contributed by atoms with Gasteiger partial charge in [0.15, 0.2) is 5.69 Å². The zero-order valence-corrected chi connectivity index (χ0v) is 19.3. The Morgan fingerprint density at radius 2 is 1.71 bits per heavy atom. The number of nitrogens with zero attached hydrogens (tertiary/aromatic N) is 3. The van der Waals surface area contributed by atoms with Gasteiger partial charge in [0, 0.05) is 30.1 Å². The van der Waals surface area contributed by atoms with Crippen molar-refractivity contribution in [1.82, 2.24) is 20.0 Å². The van der Waals surface area contributed by atoms with Crippen LogP contribution in [0.25, 0.3) is 10.9 Å². The lowest BCUT2D eigenvalue weighted by Crippen LogP contribution is -2.60. The Morgan fingerprint density at radius 1 is 1.00 bits per heavy atom. The minimum Gasteiger partial charge on any atom is -0.378 e. The number of morpholine rings is 1. The zero-order valence-electron chi connectivity index (χ0n) is 19.3. The molecule has 6 rings (SSSR count). The number of carbonyl (C=O) groups is 1. The van der Waals surface area contributed by atoms with Crippen LogP contribution in [0, 0.1) is 5.82 Å². The highest BCUT2D eigenvalue weighted by Crippen LogP contribution is 2.33. The molecule has 0 spiro atoms. The second-order valence-electron chi connectivity index (χ2n) is 10.0. The molecule has 2 saturated heterocycles. The quantitative estimate of drug-likeness (QED) is 0.609. The Labute approximate surface area is 199 Å². The summed E-state index contributed by atoms with van der Waals surface area (Å²) < 4.78 is 21.3. The first-order chi connectivity index (χ1) is 16.7. The zero-order chi connectivity index (χ0) is 23.1. The molecule has 34 heavy (non-hydrogen) atoms. The van der Waals surface area contributed by atoms with Crippen LogP contribution in [0.3, 0.4) is 0 Å². The Hall–Kier alpha value is -2.77. The van der Waals surface area contributed by atoms with Gasteiger partial charge in [-0.2, -0.15) is 5.10 Å². The maximum atomic E-state index is 13.4. The standard InChI is InChI=1S/C27H31FN4O2/c28-19-11-9-18(10-12-19)15-31-22-13-20(14-23(31)17-34-16-22)29-27(33)26-24-7-3-4-8-25(24)32(30-26)21-5-1-2-6-21/h3-4,7-12,20-23H,1-2,5-6,13-17H2,(H,29,33)/t20?,22-,23+. The molecule has 6 nitrogen and oxygen atoms in total. The maximum Gasteiger partial charge on any atom is 0.272 e. The molecule has 3 aromatic rings. The van der Waals surface area contributed by atoms with Crippen molar-refractivity contribution in [2.75, 3.05) is 13.2 Å². The van der Waals surface area contributed by atoms with Crippen LogP contribution in [-0.4, -0.2) is 51.9 Å². The lowest BCUT2D eigenvalue weighted by Gasteiger charge is -2.48. The van der Waals surface area contributed by atoms with Crippen molar-refractivity contribution >= 4 is 16.8 Å². The number of halogens is 1. The average molecular weight is 463 g/mol. The summed E-state index contributed by atoms with van der Waals surface area (Å²) in [6.45, 7) is 2.09. The number of piperidine rings is 1. The highest BCUT2D eigenvalue weighted by molar-refractivity contribution is 6.05. The molecule has 1 aromatic heterocycles. The first kappa shape index (κ1) is 21.7. The summed E-state index contributed by atoms with van der Waals surface area (Å²) >= 11 is 0. The van der Waals surface area contributed by atoms with Gasteiger partial charge in [0.05, 0.1) is 24.8 Å².